The van der Waals surface area contributed by atoms with E-state index in [0.29, 0.717) is 12.6 Å². The minimum atomic E-state index is -0.00644. The topological polar surface area (TPSA) is 44.4 Å². The van der Waals surface area contributed by atoms with Crippen LogP contribution in [0.15, 0.2) is 0 Å². The lowest BCUT2D eigenvalue weighted by molar-refractivity contribution is -0.126. The Bertz CT molecular complexity index is 214. The van der Waals surface area contributed by atoms with Crippen LogP contribution in [0.5, 0.6) is 0 Å². The van der Waals surface area contributed by atoms with Gasteiger partial charge in [0, 0.05) is 12.6 Å². The molecule has 2 N–H and O–H groups in total. The second-order valence-corrected chi connectivity index (χ2v) is 4.38. The van der Waals surface area contributed by atoms with Crippen molar-refractivity contribution in [2.24, 2.45) is 0 Å². The Morgan fingerprint density at radius 3 is 2.56 bits per heavy atom. The minimum absolute atomic E-state index is 0.00644. The van der Waals surface area contributed by atoms with Gasteiger partial charge in [0.2, 0.25) is 5.91 Å². The summed E-state index contributed by atoms with van der Waals surface area (Å²) < 4.78 is 0. The third-order valence-corrected chi connectivity index (χ3v) is 3.37. The fraction of sp³-hybridized carbons (Fsp3) is 0.917. The first-order valence-electron chi connectivity index (χ1n) is 6.44. The SMILES string of the molecule is CCNC(=O)C(C)N(CC)C1CCNCC1. The second kappa shape index (κ2) is 6.86. The van der Waals surface area contributed by atoms with Crippen LogP contribution in [-0.2, 0) is 4.79 Å². The van der Waals surface area contributed by atoms with Crippen LogP contribution >= 0.6 is 0 Å². The van der Waals surface area contributed by atoms with Crippen molar-refractivity contribution in [3.63, 3.8) is 0 Å². The molecule has 0 aromatic rings. The van der Waals surface area contributed by atoms with E-state index in [2.05, 4.69) is 22.5 Å². The lowest BCUT2D eigenvalue weighted by Gasteiger charge is -2.37. The largest absolute Gasteiger partial charge is 0.355 e. The molecule has 1 unspecified atom stereocenters. The number of rotatable bonds is 5. The van der Waals surface area contributed by atoms with Gasteiger partial charge >= 0.3 is 0 Å². The molecule has 1 atom stereocenters. The summed E-state index contributed by atoms with van der Waals surface area (Å²) in [5.41, 5.74) is 0. The smallest absolute Gasteiger partial charge is 0.237 e. The van der Waals surface area contributed by atoms with Crippen LogP contribution in [0.3, 0.4) is 0 Å². The van der Waals surface area contributed by atoms with Crippen LogP contribution in [0.1, 0.15) is 33.6 Å². The van der Waals surface area contributed by atoms with Crippen LogP contribution in [0.2, 0.25) is 0 Å². The van der Waals surface area contributed by atoms with Crippen LogP contribution in [0, 0.1) is 0 Å². The summed E-state index contributed by atoms with van der Waals surface area (Å²) in [4.78, 5) is 14.1. The molecular weight excluding hydrogens is 202 g/mol. The Hall–Kier alpha value is -0.610. The van der Waals surface area contributed by atoms with Crippen molar-refractivity contribution in [3.8, 4) is 0 Å². The fourth-order valence-electron chi connectivity index (χ4n) is 2.46. The summed E-state index contributed by atoms with van der Waals surface area (Å²) in [7, 11) is 0. The average Bonchev–Trinajstić information content (AvgIpc) is 2.31. The number of carbonyl (C=O) groups excluding carboxylic acids is 1. The normalized spacial score (nSPS) is 19.8. The number of likely N-dealkylation sites (N-methyl/N-ethyl adjacent to an activating group) is 2. The molecule has 0 aliphatic carbocycles. The summed E-state index contributed by atoms with van der Waals surface area (Å²) in [5.74, 6) is 0.155. The second-order valence-electron chi connectivity index (χ2n) is 4.38. The predicted molar refractivity (Wildman–Crippen MR) is 66.4 cm³/mol. The van der Waals surface area contributed by atoms with Gasteiger partial charge < -0.3 is 10.6 Å². The quantitative estimate of drug-likeness (QED) is 0.722. The highest BCUT2D eigenvalue weighted by Gasteiger charge is 2.27. The summed E-state index contributed by atoms with van der Waals surface area (Å²) in [6.07, 6.45) is 2.30. The van der Waals surface area contributed by atoms with E-state index in [9.17, 15) is 4.79 Å². The monoisotopic (exact) mass is 227 g/mol. The zero-order valence-electron chi connectivity index (χ0n) is 10.8. The van der Waals surface area contributed by atoms with Gasteiger partial charge in [-0.05, 0) is 46.3 Å². The molecular formula is C12H25N3O. The first-order chi connectivity index (χ1) is 7.70. The molecule has 1 fully saturated rings. The molecule has 1 aliphatic rings. The van der Waals surface area contributed by atoms with Gasteiger partial charge in [-0.25, -0.2) is 0 Å². The first-order valence-corrected chi connectivity index (χ1v) is 6.44. The van der Waals surface area contributed by atoms with Crippen molar-refractivity contribution in [2.45, 2.75) is 45.7 Å². The Labute approximate surface area is 98.8 Å². The zero-order chi connectivity index (χ0) is 12.0. The Balaban J connectivity index is 2.53. The summed E-state index contributed by atoms with van der Waals surface area (Å²) in [6.45, 7) is 9.92. The molecule has 0 aromatic heterocycles. The summed E-state index contributed by atoms with van der Waals surface area (Å²) >= 11 is 0. The first kappa shape index (κ1) is 13.5. The van der Waals surface area contributed by atoms with E-state index in [1.165, 1.54) is 0 Å². The number of nitrogens with zero attached hydrogens (tertiary/aromatic N) is 1. The molecule has 1 aliphatic heterocycles. The highest BCUT2D eigenvalue weighted by molar-refractivity contribution is 5.81. The van der Waals surface area contributed by atoms with E-state index in [1.807, 2.05) is 13.8 Å². The van der Waals surface area contributed by atoms with Gasteiger partial charge in [0.25, 0.3) is 0 Å². The van der Waals surface area contributed by atoms with Crippen LogP contribution in [0.4, 0.5) is 0 Å². The molecule has 1 heterocycles. The number of hydrogen-bond donors (Lipinski definition) is 2. The highest BCUT2D eigenvalue weighted by Crippen LogP contribution is 2.14. The number of carbonyl (C=O) groups is 1. The third-order valence-electron chi connectivity index (χ3n) is 3.37. The van der Waals surface area contributed by atoms with Gasteiger partial charge in [0.1, 0.15) is 0 Å². The lowest BCUT2D eigenvalue weighted by atomic mass is 10.0. The van der Waals surface area contributed by atoms with Gasteiger partial charge in [-0.15, -0.1) is 0 Å². The van der Waals surface area contributed by atoms with Gasteiger partial charge in [-0.1, -0.05) is 6.92 Å². The zero-order valence-corrected chi connectivity index (χ0v) is 10.8. The summed E-state index contributed by atoms with van der Waals surface area (Å²) in [5, 5.41) is 6.26. The maximum atomic E-state index is 11.8. The fourth-order valence-corrected chi connectivity index (χ4v) is 2.46. The average molecular weight is 227 g/mol. The lowest BCUT2D eigenvalue weighted by Crippen LogP contribution is -2.52. The minimum Gasteiger partial charge on any atom is -0.355 e. The predicted octanol–water partition coefficient (Wildman–Crippen LogP) is 0.585. The van der Waals surface area contributed by atoms with Gasteiger partial charge in [0.15, 0.2) is 0 Å². The van der Waals surface area contributed by atoms with Crippen molar-refractivity contribution in [2.75, 3.05) is 26.2 Å². The van der Waals surface area contributed by atoms with Gasteiger partial charge in [0.05, 0.1) is 6.04 Å². The number of piperidine rings is 1. The molecule has 94 valence electrons. The van der Waals surface area contributed by atoms with E-state index in [0.717, 1.165) is 32.5 Å². The van der Waals surface area contributed by atoms with E-state index < -0.39 is 0 Å². The van der Waals surface area contributed by atoms with Crippen molar-refractivity contribution in [1.82, 2.24) is 15.5 Å². The molecule has 0 aromatic carbocycles. The molecule has 0 bridgehead atoms. The molecule has 0 spiro atoms. The maximum absolute atomic E-state index is 11.8. The number of amides is 1. The standard InChI is InChI=1S/C12H25N3O/c1-4-14-12(16)10(3)15(5-2)11-6-8-13-9-7-11/h10-11,13H,4-9H2,1-3H3,(H,14,16). The molecule has 4 nitrogen and oxygen atoms in total. The van der Waals surface area contributed by atoms with Crippen LogP contribution < -0.4 is 10.6 Å². The van der Waals surface area contributed by atoms with Crippen molar-refractivity contribution < 1.29 is 4.79 Å². The van der Waals surface area contributed by atoms with Crippen molar-refractivity contribution in [3.05, 3.63) is 0 Å². The van der Waals surface area contributed by atoms with Gasteiger partial charge in [-0.3, -0.25) is 9.69 Å². The van der Waals surface area contributed by atoms with Crippen molar-refractivity contribution in [1.29, 1.82) is 0 Å². The molecule has 1 saturated heterocycles. The molecule has 4 heteroatoms. The molecule has 0 radical (unpaired) electrons. The van der Waals surface area contributed by atoms with E-state index in [-0.39, 0.29) is 11.9 Å². The molecule has 16 heavy (non-hydrogen) atoms. The van der Waals surface area contributed by atoms with Gasteiger partial charge in [-0.2, -0.15) is 0 Å². The third kappa shape index (κ3) is 3.46. The Morgan fingerprint density at radius 2 is 2.06 bits per heavy atom. The van der Waals surface area contributed by atoms with Crippen LogP contribution in [0.25, 0.3) is 0 Å². The summed E-state index contributed by atoms with van der Waals surface area (Å²) in [6, 6.07) is 0.553. The number of hydrogen-bond acceptors (Lipinski definition) is 3. The molecule has 1 amide bonds. The molecule has 0 saturated carbocycles. The van der Waals surface area contributed by atoms with Crippen molar-refractivity contribution >= 4 is 5.91 Å². The van der Waals surface area contributed by atoms with E-state index >= 15 is 0 Å². The Morgan fingerprint density at radius 1 is 1.44 bits per heavy atom. The highest BCUT2D eigenvalue weighted by atomic mass is 16.2. The van der Waals surface area contributed by atoms with Crippen LogP contribution in [-0.4, -0.2) is 49.1 Å². The Kier molecular flexibility index (Phi) is 5.77. The molecule has 1 rings (SSSR count). The number of nitrogens with one attached hydrogen (secondary N) is 2. The van der Waals surface area contributed by atoms with E-state index in [4.69, 9.17) is 0 Å². The maximum Gasteiger partial charge on any atom is 0.237 e. The van der Waals surface area contributed by atoms with E-state index in [1.54, 1.807) is 0 Å².